The molecule has 3 N–H and O–H groups in total. The topological polar surface area (TPSA) is 104 Å². The zero-order valence-corrected chi connectivity index (χ0v) is 9.47. The molecule has 6 nitrogen and oxygen atoms in total. The Bertz CT molecular complexity index is 426. The maximum Gasteiger partial charge on any atom is 0.251 e. The molecule has 0 spiro atoms. The van der Waals surface area contributed by atoms with Gasteiger partial charge >= 0.3 is 0 Å². The molecule has 0 saturated heterocycles. The first kappa shape index (κ1) is 13.0. The smallest absolute Gasteiger partial charge is 0.251 e. The number of hydrogen-bond acceptors (Lipinski definition) is 3. The van der Waals surface area contributed by atoms with Crippen LogP contribution in [0.2, 0.25) is 0 Å². The first-order valence-electron chi connectivity index (χ1n) is 5.41. The molecule has 0 saturated carbocycles. The van der Waals surface area contributed by atoms with E-state index in [0.29, 0.717) is 24.3 Å². The SMILES string of the molecule is [N-]=[N+]=Nc1cccc(C(=O)NCCCCN)c1. The number of carbonyl (C=O) groups excluding carboxylic acids is 1. The van der Waals surface area contributed by atoms with Crippen molar-refractivity contribution in [2.75, 3.05) is 13.1 Å². The van der Waals surface area contributed by atoms with Gasteiger partial charge in [0.15, 0.2) is 0 Å². The van der Waals surface area contributed by atoms with Crippen molar-refractivity contribution in [3.05, 3.63) is 40.3 Å². The Labute approximate surface area is 99.4 Å². The van der Waals surface area contributed by atoms with E-state index in [4.69, 9.17) is 11.3 Å². The summed E-state index contributed by atoms with van der Waals surface area (Å²) in [6.45, 7) is 1.23. The molecule has 1 rings (SSSR count). The Balaban J connectivity index is 2.56. The highest BCUT2D eigenvalue weighted by Crippen LogP contribution is 2.13. The van der Waals surface area contributed by atoms with Crippen LogP contribution in [0.5, 0.6) is 0 Å². The highest BCUT2D eigenvalue weighted by molar-refractivity contribution is 5.94. The molecule has 0 fully saturated rings. The van der Waals surface area contributed by atoms with Gasteiger partial charge in [-0.2, -0.15) is 0 Å². The minimum absolute atomic E-state index is 0.169. The van der Waals surface area contributed by atoms with E-state index in [-0.39, 0.29) is 5.91 Å². The molecule has 0 aliphatic rings. The summed E-state index contributed by atoms with van der Waals surface area (Å²) in [4.78, 5) is 14.4. The third kappa shape index (κ3) is 4.55. The quantitative estimate of drug-likeness (QED) is 0.340. The monoisotopic (exact) mass is 233 g/mol. The fourth-order valence-electron chi connectivity index (χ4n) is 1.33. The van der Waals surface area contributed by atoms with Crippen LogP contribution in [-0.2, 0) is 0 Å². The van der Waals surface area contributed by atoms with Gasteiger partial charge in [-0.25, -0.2) is 0 Å². The number of nitrogens with two attached hydrogens (primary N) is 1. The second-order valence-electron chi connectivity index (χ2n) is 3.49. The second-order valence-corrected chi connectivity index (χ2v) is 3.49. The molecule has 6 heteroatoms. The highest BCUT2D eigenvalue weighted by atomic mass is 16.1. The van der Waals surface area contributed by atoms with Gasteiger partial charge < -0.3 is 11.1 Å². The number of carbonyl (C=O) groups is 1. The highest BCUT2D eigenvalue weighted by Gasteiger charge is 2.04. The minimum Gasteiger partial charge on any atom is -0.352 e. The van der Waals surface area contributed by atoms with Crippen LogP contribution in [0.3, 0.4) is 0 Å². The third-order valence-corrected chi connectivity index (χ3v) is 2.18. The lowest BCUT2D eigenvalue weighted by Gasteiger charge is -2.04. The number of rotatable bonds is 6. The van der Waals surface area contributed by atoms with Crippen LogP contribution in [0.25, 0.3) is 10.4 Å². The van der Waals surface area contributed by atoms with Crippen LogP contribution >= 0.6 is 0 Å². The predicted molar refractivity (Wildman–Crippen MR) is 65.9 cm³/mol. The lowest BCUT2D eigenvalue weighted by atomic mass is 10.2. The number of unbranched alkanes of at least 4 members (excludes halogenated alkanes) is 1. The molecule has 1 aromatic rings. The standard InChI is InChI=1S/C11H15N5O/c12-6-1-2-7-14-11(17)9-4-3-5-10(8-9)15-16-13/h3-5,8H,1-2,6-7,12H2,(H,14,17). The Hall–Kier alpha value is -2.04. The van der Waals surface area contributed by atoms with E-state index in [0.717, 1.165) is 12.8 Å². The normalized spacial score (nSPS) is 9.47. The van der Waals surface area contributed by atoms with E-state index in [2.05, 4.69) is 15.3 Å². The van der Waals surface area contributed by atoms with Crippen molar-refractivity contribution in [1.29, 1.82) is 0 Å². The molecule has 0 heterocycles. The molecule has 0 unspecified atom stereocenters. The summed E-state index contributed by atoms with van der Waals surface area (Å²) in [5.74, 6) is -0.169. The van der Waals surface area contributed by atoms with E-state index < -0.39 is 0 Å². The summed E-state index contributed by atoms with van der Waals surface area (Å²) in [6, 6.07) is 6.55. The van der Waals surface area contributed by atoms with Crippen molar-refractivity contribution >= 4 is 11.6 Å². The minimum atomic E-state index is -0.169. The van der Waals surface area contributed by atoms with E-state index in [1.165, 1.54) is 0 Å². The van der Waals surface area contributed by atoms with Gasteiger partial charge in [0, 0.05) is 22.7 Å². The maximum absolute atomic E-state index is 11.7. The Morgan fingerprint density at radius 3 is 3.00 bits per heavy atom. The van der Waals surface area contributed by atoms with Gasteiger partial charge in [0.1, 0.15) is 0 Å². The zero-order chi connectivity index (χ0) is 12.5. The lowest BCUT2D eigenvalue weighted by molar-refractivity contribution is 0.0953. The van der Waals surface area contributed by atoms with Crippen LogP contribution in [-0.4, -0.2) is 19.0 Å². The number of amides is 1. The van der Waals surface area contributed by atoms with Gasteiger partial charge in [0.05, 0.1) is 0 Å². The van der Waals surface area contributed by atoms with Crippen LogP contribution in [0.1, 0.15) is 23.2 Å². The van der Waals surface area contributed by atoms with E-state index in [1.807, 2.05) is 0 Å². The molecule has 0 aliphatic heterocycles. The third-order valence-electron chi connectivity index (χ3n) is 2.18. The zero-order valence-electron chi connectivity index (χ0n) is 9.47. The fourth-order valence-corrected chi connectivity index (χ4v) is 1.33. The second kappa shape index (κ2) is 7.27. The summed E-state index contributed by atoms with van der Waals surface area (Å²) in [7, 11) is 0. The van der Waals surface area contributed by atoms with Crippen LogP contribution in [0, 0.1) is 0 Å². The lowest BCUT2D eigenvalue weighted by Crippen LogP contribution is -2.24. The van der Waals surface area contributed by atoms with Gasteiger partial charge in [0.25, 0.3) is 5.91 Å². The summed E-state index contributed by atoms with van der Waals surface area (Å²) >= 11 is 0. The van der Waals surface area contributed by atoms with Gasteiger partial charge in [-0.3, -0.25) is 4.79 Å². The van der Waals surface area contributed by atoms with Crippen LogP contribution < -0.4 is 11.1 Å². The van der Waals surface area contributed by atoms with Crippen LogP contribution in [0.15, 0.2) is 29.4 Å². The van der Waals surface area contributed by atoms with E-state index in [1.54, 1.807) is 24.3 Å². The van der Waals surface area contributed by atoms with Gasteiger partial charge in [-0.1, -0.05) is 17.2 Å². The Morgan fingerprint density at radius 1 is 1.47 bits per heavy atom. The molecule has 17 heavy (non-hydrogen) atoms. The van der Waals surface area contributed by atoms with Gasteiger partial charge in [-0.15, -0.1) is 0 Å². The molecular weight excluding hydrogens is 218 g/mol. The number of hydrogen-bond donors (Lipinski definition) is 2. The Morgan fingerprint density at radius 2 is 2.29 bits per heavy atom. The average molecular weight is 233 g/mol. The largest absolute Gasteiger partial charge is 0.352 e. The molecule has 0 radical (unpaired) electrons. The first-order chi connectivity index (χ1) is 8.27. The molecule has 0 bridgehead atoms. The van der Waals surface area contributed by atoms with Crippen molar-refractivity contribution in [1.82, 2.24) is 5.32 Å². The molecule has 0 atom stereocenters. The van der Waals surface area contributed by atoms with E-state index >= 15 is 0 Å². The van der Waals surface area contributed by atoms with Crippen LogP contribution in [0.4, 0.5) is 5.69 Å². The van der Waals surface area contributed by atoms with Crippen molar-refractivity contribution in [3.63, 3.8) is 0 Å². The number of nitrogens with one attached hydrogen (secondary N) is 1. The summed E-state index contributed by atoms with van der Waals surface area (Å²) in [5.41, 5.74) is 14.6. The van der Waals surface area contributed by atoms with Crippen molar-refractivity contribution in [3.8, 4) is 0 Å². The average Bonchev–Trinajstić information content (AvgIpc) is 2.35. The number of nitrogens with zero attached hydrogens (tertiary/aromatic N) is 3. The molecule has 1 aromatic carbocycles. The summed E-state index contributed by atoms with van der Waals surface area (Å²) < 4.78 is 0. The predicted octanol–water partition coefficient (Wildman–Crippen LogP) is 2.10. The summed E-state index contributed by atoms with van der Waals surface area (Å²) in [6.07, 6.45) is 1.75. The molecule has 1 amide bonds. The number of azide groups is 1. The summed E-state index contributed by atoms with van der Waals surface area (Å²) in [5, 5.41) is 6.22. The van der Waals surface area contributed by atoms with Crippen molar-refractivity contribution in [2.45, 2.75) is 12.8 Å². The molecule has 0 aliphatic carbocycles. The van der Waals surface area contributed by atoms with Gasteiger partial charge in [0.2, 0.25) is 0 Å². The molecule has 0 aromatic heterocycles. The molecule has 90 valence electrons. The molecular formula is C11H15N5O. The number of benzene rings is 1. The van der Waals surface area contributed by atoms with Crippen molar-refractivity contribution < 1.29 is 4.79 Å². The first-order valence-corrected chi connectivity index (χ1v) is 5.41. The Kier molecular flexibility index (Phi) is 5.57. The maximum atomic E-state index is 11.7. The fraction of sp³-hybridized carbons (Fsp3) is 0.364. The van der Waals surface area contributed by atoms with E-state index in [9.17, 15) is 4.79 Å². The van der Waals surface area contributed by atoms with Gasteiger partial charge in [-0.05, 0) is 37.1 Å². The van der Waals surface area contributed by atoms with Crippen molar-refractivity contribution in [2.24, 2.45) is 10.8 Å².